The second-order valence-corrected chi connectivity index (χ2v) is 4.43. The maximum absolute atomic E-state index is 10.5. The van der Waals surface area contributed by atoms with Gasteiger partial charge in [0.1, 0.15) is 11.9 Å². The third-order valence-corrected chi connectivity index (χ3v) is 3.34. The van der Waals surface area contributed by atoms with E-state index in [-0.39, 0.29) is 0 Å². The summed E-state index contributed by atoms with van der Waals surface area (Å²) in [5.74, 6) is 0. The van der Waals surface area contributed by atoms with Crippen LogP contribution in [-0.2, 0) is 11.2 Å². The molecule has 2 aromatic heterocycles. The molecule has 3 heterocycles. The molecule has 1 aliphatic rings. The number of hydrogen-bond donors (Lipinski definition) is 0. The van der Waals surface area contributed by atoms with Gasteiger partial charge in [0.15, 0.2) is 0 Å². The van der Waals surface area contributed by atoms with Crippen LogP contribution in [0.25, 0.3) is 5.65 Å². The molecule has 1 saturated heterocycles. The van der Waals surface area contributed by atoms with Gasteiger partial charge in [-0.2, -0.15) is 0 Å². The van der Waals surface area contributed by atoms with E-state index in [1.165, 1.54) is 18.5 Å². The van der Waals surface area contributed by atoms with Crippen molar-refractivity contribution in [2.24, 2.45) is 0 Å². The van der Waals surface area contributed by atoms with Gasteiger partial charge in [-0.25, -0.2) is 4.98 Å². The zero-order valence-corrected chi connectivity index (χ0v) is 9.67. The van der Waals surface area contributed by atoms with Gasteiger partial charge in [0.05, 0.1) is 0 Å². The van der Waals surface area contributed by atoms with E-state index in [0.717, 1.165) is 30.7 Å². The van der Waals surface area contributed by atoms with Crippen molar-refractivity contribution in [3.63, 3.8) is 0 Å². The second kappa shape index (κ2) is 4.20. The van der Waals surface area contributed by atoms with E-state index in [4.69, 9.17) is 0 Å². The lowest BCUT2D eigenvalue weighted by molar-refractivity contribution is -0.107. The van der Waals surface area contributed by atoms with Gasteiger partial charge in [-0.15, -0.1) is 0 Å². The molecule has 17 heavy (non-hydrogen) atoms. The summed E-state index contributed by atoms with van der Waals surface area (Å²) in [7, 11) is 0. The fourth-order valence-corrected chi connectivity index (χ4v) is 2.43. The number of imidazole rings is 1. The summed E-state index contributed by atoms with van der Waals surface area (Å²) >= 11 is 0. The van der Waals surface area contributed by atoms with E-state index < -0.39 is 0 Å². The molecule has 3 rings (SSSR count). The van der Waals surface area contributed by atoms with Gasteiger partial charge in [-0.05, 0) is 18.9 Å². The zero-order chi connectivity index (χ0) is 11.7. The first-order chi connectivity index (χ1) is 8.38. The van der Waals surface area contributed by atoms with E-state index >= 15 is 0 Å². The van der Waals surface area contributed by atoms with Crippen LogP contribution in [0, 0.1) is 0 Å². The summed E-state index contributed by atoms with van der Waals surface area (Å²) in [5.41, 5.74) is 3.10. The molecule has 0 spiro atoms. The van der Waals surface area contributed by atoms with Gasteiger partial charge >= 0.3 is 0 Å². The number of nitrogens with zero attached hydrogens (tertiary/aromatic N) is 3. The largest absolute Gasteiger partial charge is 0.371 e. The predicted molar refractivity (Wildman–Crippen MR) is 66.4 cm³/mol. The number of aromatic nitrogens is 2. The summed E-state index contributed by atoms with van der Waals surface area (Å²) in [6, 6.07) is 4.20. The van der Waals surface area contributed by atoms with Crippen molar-refractivity contribution in [2.75, 3.05) is 18.0 Å². The first kappa shape index (κ1) is 10.3. The number of carbonyl (C=O) groups excluding carboxylic acids is 1. The monoisotopic (exact) mass is 229 g/mol. The Morgan fingerprint density at radius 2 is 2.18 bits per heavy atom. The number of pyridine rings is 1. The summed E-state index contributed by atoms with van der Waals surface area (Å²) in [6.45, 7) is 2.27. The number of aldehydes is 1. The van der Waals surface area contributed by atoms with Crippen LogP contribution in [0.3, 0.4) is 0 Å². The Morgan fingerprint density at radius 1 is 1.35 bits per heavy atom. The molecule has 88 valence electrons. The maximum Gasteiger partial charge on any atom is 0.138 e. The van der Waals surface area contributed by atoms with Crippen molar-refractivity contribution in [1.29, 1.82) is 0 Å². The average Bonchev–Trinajstić information content (AvgIpc) is 2.98. The van der Waals surface area contributed by atoms with Gasteiger partial charge in [0.25, 0.3) is 0 Å². The summed E-state index contributed by atoms with van der Waals surface area (Å²) < 4.78 is 1.98. The number of hydrogen-bond acceptors (Lipinski definition) is 3. The van der Waals surface area contributed by atoms with Crippen LogP contribution in [0.2, 0.25) is 0 Å². The first-order valence-electron chi connectivity index (χ1n) is 6.03. The van der Waals surface area contributed by atoms with Crippen LogP contribution >= 0.6 is 0 Å². The van der Waals surface area contributed by atoms with E-state index in [1.54, 1.807) is 6.20 Å². The van der Waals surface area contributed by atoms with Crippen molar-refractivity contribution < 1.29 is 4.79 Å². The molecule has 1 fully saturated rings. The molecule has 0 atom stereocenters. The topological polar surface area (TPSA) is 37.6 Å². The van der Waals surface area contributed by atoms with Crippen LogP contribution in [0.1, 0.15) is 18.5 Å². The van der Waals surface area contributed by atoms with Gasteiger partial charge < -0.3 is 14.1 Å². The molecule has 0 bridgehead atoms. The predicted octanol–water partition coefficient (Wildman–Crippen LogP) is 1.68. The molecule has 0 unspecified atom stereocenters. The number of rotatable bonds is 3. The standard InChI is InChI=1S/C13H15N3O/c17-8-4-12-10-14-13-9-11(3-7-16(12)13)15-5-1-2-6-15/h3,7-10H,1-2,4-6H2. The third-order valence-electron chi connectivity index (χ3n) is 3.34. The van der Waals surface area contributed by atoms with Crippen molar-refractivity contribution in [3.05, 3.63) is 30.2 Å². The Balaban J connectivity index is 1.99. The Labute approximate surface area is 99.9 Å². The normalized spacial score (nSPS) is 15.6. The lowest BCUT2D eigenvalue weighted by Gasteiger charge is -2.17. The lowest BCUT2D eigenvalue weighted by atomic mass is 10.3. The Kier molecular flexibility index (Phi) is 2.55. The van der Waals surface area contributed by atoms with E-state index in [0.29, 0.717) is 6.42 Å². The third kappa shape index (κ3) is 1.79. The van der Waals surface area contributed by atoms with E-state index in [1.807, 2.05) is 10.6 Å². The highest BCUT2D eigenvalue weighted by Gasteiger charge is 2.13. The van der Waals surface area contributed by atoms with Crippen LogP contribution in [0.15, 0.2) is 24.5 Å². The van der Waals surface area contributed by atoms with Crippen molar-refractivity contribution in [1.82, 2.24) is 9.38 Å². The number of carbonyl (C=O) groups is 1. The first-order valence-corrected chi connectivity index (χ1v) is 6.03. The summed E-state index contributed by atoms with van der Waals surface area (Å²) in [4.78, 5) is 17.3. The van der Waals surface area contributed by atoms with Gasteiger partial charge in [0.2, 0.25) is 0 Å². The Hall–Kier alpha value is -1.84. The average molecular weight is 229 g/mol. The molecule has 0 saturated carbocycles. The maximum atomic E-state index is 10.5. The van der Waals surface area contributed by atoms with Crippen LogP contribution in [0.4, 0.5) is 5.69 Å². The highest BCUT2D eigenvalue weighted by molar-refractivity contribution is 5.59. The molecule has 0 amide bonds. The van der Waals surface area contributed by atoms with E-state index in [9.17, 15) is 4.79 Å². The van der Waals surface area contributed by atoms with Crippen LogP contribution < -0.4 is 4.90 Å². The van der Waals surface area contributed by atoms with E-state index in [2.05, 4.69) is 22.0 Å². The summed E-state index contributed by atoms with van der Waals surface area (Å²) in [5, 5.41) is 0. The lowest BCUT2D eigenvalue weighted by Crippen LogP contribution is -2.17. The molecule has 0 aromatic carbocycles. The molecule has 1 aliphatic heterocycles. The van der Waals surface area contributed by atoms with Crippen molar-refractivity contribution in [2.45, 2.75) is 19.3 Å². The summed E-state index contributed by atoms with van der Waals surface area (Å²) in [6.07, 6.45) is 7.67. The molecule has 0 radical (unpaired) electrons. The molecule has 0 aliphatic carbocycles. The quantitative estimate of drug-likeness (QED) is 0.751. The molecule has 4 heteroatoms. The zero-order valence-electron chi connectivity index (χ0n) is 9.67. The minimum absolute atomic E-state index is 0.421. The van der Waals surface area contributed by atoms with Crippen molar-refractivity contribution >= 4 is 17.6 Å². The molecular formula is C13H15N3O. The number of fused-ring (bicyclic) bond motifs is 1. The van der Waals surface area contributed by atoms with Crippen molar-refractivity contribution in [3.8, 4) is 0 Å². The molecule has 0 N–H and O–H groups in total. The smallest absolute Gasteiger partial charge is 0.138 e. The van der Waals surface area contributed by atoms with Crippen LogP contribution in [0.5, 0.6) is 0 Å². The molecule has 4 nitrogen and oxygen atoms in total. The fourth-order valence-electron chi connectivity index (χ4n) is 2.43. The second-order valence-electron chi connectivity index (χ2n) is 4.43. The fraction of sp³-hybridized carbons (Fsp3) is 0.385. The molecule has 2 aromatic rings. The Morgan fingerprint density at radius 3 is 2.94 bits per heavy atom. The minimum Gasteiger partial charge on any atom is -0.371 e. The highest BCUT2D eigenvalue weighted by Crippen LogP contribution is 2.21. The number of anilines is 1. The minimum atomic E-state index is 0.421. The van der Waals surface area contributed by atoms with Gasteiger partial charge in [-0.3, -0.25) is 0 Å². The van der Waals surface area contributed by atoms with Crippen LogP contribution in [-0.4, -0.2) is 28.8 Å². The van der Waals surface area contributed by atoms with Gasteiger partial charge in [0, 0.05) is 49.4 Å². The highest BCUT2D eigenvalue weighted by atomic mass is 16.1. The Bertz CT molecular complexity index is 541. The molecular weight excluding hydrogens is 214 g/mol. The SMILES string of the molecule is O=CCc1cnc2cc(N3CCCC3)ccn12. The van der Waals surface area contributed by atoms with Gasteiger partial charge in [-0.1, -0.05) is 0 Å².